The number of hydrogen-bond donors (Lipinski definition) is 1. The SMILES string of the molecule is CC(C)Oc1ccc(/C=C/C(=O)N(C)CC2CCCC2O)cc1. The molecular weight excluding hydrogens is 290 g/mol. The Hall–Kier alpha value is -1.81. The largest absolute Gasteiger partial charge is 0.491 e. The first-order valence-electron chi connectivity index (χ1n) is 8.33. The van der Waals surface area contributed by atoms with Gasteiger partial charge in [-0.15, -0.1) is 0 Å². The molecule has 1 saturated carbocycles. The van der Waals surface area contributed by atoms with E-state index in [1.165, 1.54) is 0 Å². The average molecular weight is 317 g/mol. The van der Waals surface area contributed by atoms with E-state index >= 15 is 0 Å². The molecule has 2 atom stereocenters. The monoisotopic (exact) mass is 317 g/mol. The topological polar surface area (TPSA) is 49.8 Å². The minimum atomic E-state index is -0.261. The summed E-state index contributed by atoms with van der Waals surface area (Å²) in [5.41, 5.74) is 0.962. The molecule has 0 bridgehead atoms. The van der Waals surface area contributed by atoms with Crippen molar-refractivity contribution >= 4 is 12.0 Å². The van der Waals surface area contributed by atoms with Gasteiger partial charge >= 0.3 is 0 Å². The van der Waals surface area contributed by atoms with Gasteiger partial charge in [-0.05, 0) is 50.5 Å². The van der Waals surface area contributed by atoms with Crippen molar-refractivity contribution in [1.29, 1.82) is 0 Å². The Morgan fingerprint density at radius 1 is 1.35 bits per heavy atom. The van der Waals surface area contributed by atoms with E-state index in [4.69, 9.17) is 4.74 Å². The van der Waals surface area contributed by atoms with E-state index < -0.39 is 0 Å². The molecule has 1 fully saturated rings. The molecule has 2 unspecified atom stereocenters. The quantitative estimate of drug-likeness (QED) is 0.820. The second-order valence-electron chi connectivity index (χ2n) is 6.55. The highest BCUT2D eigenvalue weighted by Gasteiger charge is 2.26. The molecule has 4 nitrogen and oxygen atoms in total. The Kier molecular flexibility index (Phi) is 6.22. The first-order valence-corrected chi connectivity index (χ1v) is 8.33. The van der Waals surface area contributed by atoms with Crippen LogP contribution in [0.4, 0.5) is 0 Å². The first kappa shape index (κ1) is 17.5. The van der Waals surface area contributed by atoms with E-state index in [1.807, 2.05) is 44.2 Å². The molecule has 0 aromatic heterocycles. The van der Waals surface area contributed by atoms with Gasteiger partial charge in [-0.2, -0.15) is 0 Å². The second-order valence-corrected chi connectivity index (χ2v) is 6.55. The highest BCUT2D eigenvalue weighted by atomic mass is 16.5. The molecule has 0 spiro atoms. The van der Waals surface area contributed by atoms with Crippen LogP contribution >= 0.6 is 0 Å². The van der Waals surface area contributed by atoms with Gasteiger partial charge < -0.3 is 14.7 Å². The van der Waals surface area contributed by atoms with Gasteiger partial charge in [0, 0.05) is 25.6 Å². The van der Waals surface area contributed by atoms with Gasteiger partial charge in [-0.1, -0.05) is 18.6 Å². The molecule has 0 aliphatic heterocycles. The van der Waals surface area contributed by atoms with Crippen LogP contribution in [0.15, 0.2) is 30.3 Å². The number of carbonyl (C=O) groups is 1. The average Bonchev–Trinajstić information content (AvgIpc) is 2.91. The number of aliphatic hydroxyl groups is 1. The molecule has 0 heterocycles. The van der Waals surface area contributed by atoms with Crippen molar-refractivity contribution in [1.82, 2.24) is 4.90 Å². The Labute approximate surface area is 138 Å². The summed E-state index contributed by atoms with van der Waals surface area (Å²) in [7, 11) is 1.79. The van der Waals surface area contributed by atoms with Crippen LogP contribution in [-0.4, -0.2) is 41.7 Å². The van der Waals surface area contributed by atoms with Crippen LogP contribution in [0.1, 0.15) is 38.7 Å². The highest BCUT2D eigenvalue weighted by Crippen LogP contribution is 2.26. The van der Waals surface area contributed by atoms with Crippen LogP contribution in [0.2, 0.25) is 0 Å². The minimum absolute atomic E-state index is 0.0355. The number of aliphatic hydroxyl groups excluding tert-OH is 1. The van der Waals surface area contributed by atoms with Gasteiger partial charge in [-0.25, -0.2) is 0 Å². The van der Waals surface area contributed by atoms with Crippen molar-refractivity contribution in [3.05, 3.63) is 35.9 Å². The lowest BCUT2D eigenvalue weighted by molar-refractivity contribution is -0.125. The van der Waals surface area contributed by atoms with Crippen molar-refractivity contribution in [2.24, 2.45) is 5.92 Å². The predicted octanol–water partition coefficient (Wildman–Crippen LogP) is 3.11. The van der Waals surface area contributed by atoms with E-state index in [0.717, 1.165) is 30.6 Å². The van der Waals surface area contributed by atoms with Crippen LogP contribution in [-0.2, 0) is 4.79 Å². The Morgan fingerprint density at radius 3 is 2.61 bits per heavy atom. The van der Waals surface area contributed by atoms with Crippen LogP contribution < -0.4 is 4.74 Å². The van der Waals surface area contributed by atoms with Gasteiger partial charge in [0.05, 0.1) is 12.2 Å². The van der Waals surface area contributed by atoms with Crippen LogP contribution in [0.3, 0.4) is 0 Å². The molecule has 1 N–H and O–H groups in total. The molecule has 2 rings (SSSR count). The number of hydrogen-bond acceptors (Lipinski definition) is 3. The van der Waals surface area contributed by atoms with Crippen LogP contribution in [0.25, 0.3) is 6.08 Å². The summed E-state index contributed by atoms with van der Waals surface area (Å²) >= 11 is 0. The van der Waals surface area contributed by atoms with Crippen molar-refractivity contribution < 1.29 is 14.6 Å². The normalized spacial score (nSPS) is 21.1. The minimum Gasteiger partial charge on any atom is -0.491 e. The van der Waals surface area contributed by atoms with Crippen LogP contribution in [0, 0.1) is 5.92 Å². The number of amides is 1. The maximum atomic E-state index is 12.2. The smallest absolute Gasteiger partial charge is 0.246 e. The standard InChI is InChI=1S/C19H27NO3/c1-14(2)23-17-10-7-15(8-11-17)9-12-19(22)20(3)13-16-5-4-6-18(16)21/h7-12,14,16,18,21H,4-6,13H2,1-3H3/b12-9+. The zero-order valence-corrected chi connectivity index (χ0v) is 14.2. The molecule has 4 heteroatoms. The summed E-state index contributed by atoms with van der Waals surface area (Å²) in [5.74, 6) is 1.01. The molecule has 1 amide bonds. The third-order valence-electron chi connectivity index (χ3n) is 4.17. The molecule has 1 aliphatic rings. The van der Waals surface area contributed by atoms with Crippen molar-refractivity contribution in [2.75, 3.05) is 13.6 Å². The third-order valence-corrected chi connectivity index (χ3v) is 4.17. The van der Waals surface area contributed by atoms with E-state index in [1.54, 1.807) is 18.0 Å². The molecular formula is C19H27NO3. The second kappa shape index (κ2) is 8.16. The zero-order chi connectivity index (χ0) is 16.8. The van der Waals surface area contributed by atoms with E-state index in [9.17, 15) is 9.90 Å². The lowest BCUT2D eigenvalue weighted by Crippen LogP contribution is -2.33. The van der Waals surface area contributed by atoms with Gasteiger partial charge in [0.1, 0.15) is 5.75 Å². The zero-order valence-electron chi connectivity index (χ0n) is 14.2. The number of benzene rings is 1. The lowest BCUT2D eigenvalue weighted by atomic mass is 10.1. The Morgan fingerprint density at radius 2 is 2.04 bits per heavy atom. The fourth-order valence-electron chi connectivity index (χ4n) is 2.90. The Balaban J connectivity index is 1.87. The molecule has 126 valence electrons. The van der Waals surface area contributed by atoms with Gasteiger partial charge in [0.25, 0.3) is 0 Å². The van der Waals surface area contributed by atoms with Gasteiger partial charge in [0.2, 0.25) is 5.91 Å². The summed E-state index contributed by atoms with van der Waals surface area (Å²) in [4.78, 5) is 13.8. The van der Waals surface area contributed by atoms with E-state index in [2.05, 4.69) is 0 Å². The third kappa shape index (κ3) is 5.39. The maximum absolute atomic E-state index is 12.2. The fourth-order valence-corrected chi connectivity index (χ4v) is 2.90. The molecule has 0 radical (unpaired) electrons. The predicted molar refractivity (Wildman–Crippen MR) is 92.2 cm³/mol. The number of nitrogens with zero attached hydrogens (tertiary/aromatic N) is 1. The molecule has 23 heavy (non-hydrogen) atoms. The molecule has 1 aromatic rings. The van der Waals surface area contributed by atoms with Crippen LogP contribution in [0.5, 0.6) is 5.75 Å². The summed E-state index contributed by atoms with van der Waals surface area (Å²) in [6.45, 7) is 4.60. The number of likely N-dealkylation sites (N-methyl/N-ethyl adjacent to an activating group) is 1. The first-order chi connectivity index (χ1) is 11.0. The summed E-state index contributed by atoms with van der Waals surface area (Å²) in [5, 5.41) is 9.85. The Bertz CT molecular complexity index is 536. The van der Waals surface area contributed by atoms with E-state index in [-0.39, 0.29) is 24.0 Å². The highest BCUT2D eigenvalue weighted by molar-refractivity contribution is 5.91. The molecule has 1 aromatic carbocycles. The van der Waals surface area contributed by atoms with Crippen molar-refractivity contribution in [2.45, 2.75) is 45.3 Å². The number of ether oxygens (including phenoxy) is 1. The van der Waals surface area contributed by atoms with Gasteiger partial charge in [0.15, 0.2) is 0 Å². The van der Waals surface area contributed by atoms with Gasteiger partial charge in [-0.3, -0.25) is 4.79 Å². The molecule has 0 saturated heterocycles. The van der Waals surface area contributed by atoms with Crippen molar-refractivity contribution in [3.8, 4) is 5.75 Å². The maximum Gasteiger partial charge on any atom is 0.246 e. The number of carbonyl (C=O) groups excluding carboxylic acids is 1. The summed E-state index contributed by atoms with van der Waals surface area (Å²) in [6.07, 6.45) is 6.19. The van der Waals surface area contributed by atoms with E-state index in [0.29, 0.717) is 6.54 Å². The lowest BCUT2D eigenvalue weighted by Gasteiger charge is -2.22. The summed E-state index contributed by atoms with van der Waals surface area (Å²) < 4.78 is 5.59. The molecule has 1 aliphatic carbocycles. The fraction of sp³-hybridized carbons (Fsp3) is 0.526. The number of rotatable bonds is 6. The van der Waals surface area contributed by atoms with Crippen molar-refractivity contribution in [3.63, 3.8) is 0 Å². The summed E-state index contributed by atoms with van der Waals surface area (Å²) in [6, 6.07) is 7.68.